The van der Waals surface area contributed by atoms with Crippen molar-refractivity contribution in [3.05, 3.63) is 40.8 Å². The second-order valence-electron chi connectivity index (χ2n) is 10.8. The molecule has 10 heteroatoms. The number of fused-ring (bicyclic) bond motifs is 1. The summed E-state index contributed by atoms with van der Waals surface area (Å²) in [4.78, 5) is 37.2. The third-order valence-corrected chi connectivity index (χ3v) is 7.87. The van der Waals surface area contributed by atoms with Crippen LogP contribution in [0.5, 0.6) is 0 Å². The Morgan fingerprint density at radius 2 is 2.00 bits per heavy atom. The van der Waals surface area contributed by atoms with Crippen LogP contribution in [0.1, 0.15) is 61.1 Å². The van der Waals surface area contributed by atoms with E-state index in [0.717, 1.165) is 62.6 Å². The molecule has 2 aromatic rings. The fraction of sp³-hybridized carbons (Fsp3) is 0.615. The average molecular weight is 496 g/mol. The first-order valence-electron chi connectivity index (χ1n) is 12.9. The van der Waals surface area contributed by atoms with E-state index < -0.39 is 5.54 Å². The van der Waals surface area contributed by atoms with Gasteiger partial charge in [-0.25, -0.2) is 9.78 Å². The normalized spacial score (nSPS) is 22.5. The molecule has 2 N–H and O–H groups in total. The predicted molar refractivity (Wildman–Crippen MR) is 136 cm³/mol. The number of rotatable bonds is 4. The Hall–Kier alpha value is -2.98. The van der Waals surface area contributed by atoms with Crippen molar-refractivity contribution in [3.63, 3.8) is 0 Å². The van der Waals surface area contributed by atoms with Crippen LogP contribution < -0.4 is 5.32 Å². The first kappa shape index (κ1) is 24.7. The smallest absolute Gasteiger partial charge is 0.321 e. The summed E-state index contributed by atoms with van der Waals surface area (Å²) in [5.41, 5.74) is 2.25. The summed E-state index contributed by atoms with van der Waals surface area (Å²) in [5.74, 6) is 0.827. The third-order valence-electron chi connectivity index (χ3n) is 7.87. The number of anilines is 1. The lowest BCUT2D eigenvalue weighted by molar-refractivity contribution is 0.0290. The molecule has 3 aliphatic heterocycles. The lowest BCUT2D eigenvalue weighted by atomic mass is 9.99. The number of aromatic amines is 1. The topological polar surface area (TPSA) is 107 Å². The van der Waals surface area contributed by atoms with Crippen molar-refractivity contribution in [1.29, 1.82) is 0 Å². The summed E-state index contributed by atoms with van der Waals surface area (Å²) >= 11 is 0. The van der Waals surface area contributed by atoms with E-state index >= 15 is 0 Å². The Bertz CT molecular complexity index is 1120. The van der Waals surface area contributed by atoms with E-state index in [0.29, 0.717) is 30.5 Å². The van der Waals surface area contributed by atoms with Gasteiger partial charge in [-0.05, 0) is 58.6 Å². The molecular weight excluding hydrogens is 458 g/mol. The first-order valence-corrected chi connectivity index (χ1v) is 12.9. The number of amides is 3. The number of H-pyrrole nitrogens is 1. The fourth-order valence-electron chi connectivity index (χ4n) is 5.70. The SMILES string of the molecule is Cc1cccc(C(=O)Nc2n[nH]c3c2CN(C(=O)N2CCN(CC4CCOCC4)C[C@@H]2C)C3(C)C)n1. The summed E-state index contributed by atoms with van der Waals surface area (Å²) < 4.78 is 5.50. The number of hydrogen-bond donors (Lipinski definition) is 2. The van der Waals surface area contributed by atoms with E-state index in [4.69, 9.17) is 4.74 Å². The van der Waals surface area contributed by atoms with Crippen molar-refractivity contribution in [3.8, 4) is 0 Å². The third kappa shape index (κ3) is 4.71. The van der Waals surface area contributed by atoms with Crippen LogP contribution in [0.3, 0.4) is 0 Å². The first-order chi connectivity index (χ1) is 17.2. The van der Waals surface area contributed by atoms with Crippen LogP contribution in [0.2, 0.25) is 0 Å². The number of ether oxygens (including phenoxy) is 1. The number of piperazine rings is 1. The summed E-state index contributed by atoms with van der Waals surface area (Å²) in [7, 11) is 0. The molecule has 0 spiro atoms. The number of carbonyl (C=O) groups is 2. The molecule has 0 radical (unpaired) electrons. The zero-order valence-corrected chi connectivity index (χ0v) is 21.7. The highest BCUT2D eigenvalue weighted by Gasteiger charge is 2.46. The molecule has 2 fully saturated rings. The van der Waals surface area contributed by atoms with Gasteiger partial charge in [0.2, 0.25) is 0 Å². The van der Waals surface area contributed by atoms with Crippen molar-refractivity contribution < 1.29 is 14.3 Å². The largest absolute Gasteiger partial charge is 0.381 e. The molecule has 0 aromatic carbocycles. The lowest BCUT2D eigenvalue weighted by Crippen LogP contribution is -2.59. The molecule has 5 heterocycles. The van der Waals surface area contributed by atoms with Gasteiger partial charge in [-0.1, -0.05) is 6.07 Å². The molecule has 3 amide bonds. The minimum absolute atomic E-state index is 0.0282. The molecule has 0 saturated carbocycles. The standard InChI is InChI=1S/C26H37N7O3/c1-17-6-5-7-21(27-17)24(34)28-23-20-16-33(26(3,4)22(20)29-30-23)25(35)32-11-10-31(14-18(32)2)15-19-8-12-36-13-9-19/h5-7,18-19H,8-16H2,1-4H3,(H2,28,29,30,34)/t18-/m0/s1. The van der Waals surface area contributed by atoms with Crippen LogP contribution in [-0.2, 0) is 16.8 Å². The Labute approximate surface area is 212 Å². The fourth-order valence-corrected chi connectivity index (χ4v) is 5.70. The number of urea groups is 1. The van der Waals surface area contributed by atoms with Gasteiger partial charge in [0.05, 0.1) is 17.8 Å². The van der Waals surface area contributed by atoms with Gasteiger partial charge in [0.25, 0.3) is 5.91 Å². The molecule has 5 rings (SSSR count). The molecule has 10 nitrogen and oxygen atoms in total. The summed E-state index contributed by atoms with van der Waals surface area (Å²) in [6, 6.07) is 5.49. The van der Waals surface area contributed by atoms with Gasteiger partial charge in [0, 0.05) is 56.7 Å². The Balaban J connectivity index is 1.25. The van der Waals surface area contributed by atoms with Crippen LogP contribution >= 0.6 is 0 Å². The number of carbonyl (C=O) groups excluding carboxylic acids is 2. The van der Waals surface area contributed by atoms with Crippen LogP contribution in [0.15, 0.2) is 18.2 Å². The molecule has 0 aliphatic carbocycles. The van der Waals surface area contributed by atoms with Crippen LogP contribution in [-0.4, -0.2) is 87.3 Å². The second kappa shape index (κ2) is 9.82. The predicted octanol–water partition coefficient (Wildman–Crippen LogP) is 2.97. The number of nitrogens with zero attached hydrogens (tertiary/aromatic N) is 5. The van der Waals surface area contributed by atoms with E-state index in [1.54, 1.807) is 12.1 Å². The number of nitrogens with one attached hydrogen (secondary N) is 2. The highest BCUT2D eigenvalue weighted by atomic mass is 16.5. The second-order valence-corrected chi connectivity index (χ2v) is 10.8. The maximum atomic E-state index is 13.8. The molecule has 36 heavy (non-hydrogen) atoms. The van der Waals surface area contributed by atoms with Gasteiger partial charge in [-0.3, -0.25) is 14.8 Å². The molecule has 2 aromatic heterocycles. The van der Waals surface area contributed by atoms with Crippen LogP contribution in [0.4, 0.5) is 10.6 Å². The number of aromatic nitrogens is 3. The van der Waals surface area contributed by atoms with Crippen molar-refractivity contribution >= 4 is 17.8 Å². The number of aryl methyl sites for hydroxylation is 1. The monoisotopic (exact) mass is 495 g/mol. The van der Waals surface area contributed by atoms with Crippen LogP contribution in [0, 0.1) is 12.8 Å². The van der Waals surface area contributed by atoms with Crippen molar-refractivity contribution in [2.24, 2.45) is 5.92 Å². The van der Waals surface area contributed by atoms with Gasteiger partial charge in [0.1, 0.15) is 5.69 Å². The van der Waals surface area contributed by atoms with Gasteiger partial charge in [-0.15, -0.1) is 0 Å². The van der Waals surface area contributed by atoms with Crippen LogP contribution in [0.25, 0.3) is 0 Å². The Kier molecular flexibility index (Phi) is 6.74. The molecule has 2 saturated heterocycles. The maximum absolute atomic E-state index is 13.8. The Morgan fingerprint density at radius 3 is 2.72 bits per heavy atom. The zero-order chi connectivity index (χ0) is 25.4. The molecule has 0 unspecified atom stereocenters. The molecule has 194 valence electrons. The molecule has 3 aliphatic rings. The minimum atomic E-state index is -0.567. The minimum Gasteiger partial charge on any atom is -0.381 e. The quantitative estimate of drug-likeness (QED) is 0.676. The van der Waals surface area contributed by atoms with Gasteiger partial charge in [0.15, 0.2) is 5.82 Å². The van der Waals surface area contributed by atoms with Crippen molar-refractivity contribution in [2.75, 3.05) is 44.7 Å². The zero-order valence-electron chi connectivity index (χ0n) is 21.7. The van der Waals surface area contributed by atoms with E-state index in [1.807, 2.05) is 36.6 Å². The lowest BCUT2D eigenvalue weighted by Gasteiger charge is -2.44. The average Bonchev–Trinajstić information content (AvgIpc) is 3.37. The molecule has 0 bridgehead atoms. The van der Waals surface area contributed by atoms with E-state index in [1.165, 1.54) is 0 Å². The van der Waals surface area contributed by atoms with Crippen molar-refractivity contribution in [1.82, 2.24) is 29.9 Å². The summed E-state index contributed by atoms with van der Waals surface area (Å²) in [6.45, 7) is 13.7. The number of hydrogen-bond acceptors (Lipinski definition) is 6. The van der Waals surface area contributed by atoms with Gasteiger partial charge in [-0.2, -0.15) is 5.10 Å². The highest BCUT2D eigenvalue weighted by Crippen LogP contribution is 2.41. The number of pyridine rings is 1. The van der Waals surface area contributed by atoms with Gasteiger partial charge >= 0.3 is 6.03 Å². The van der Waals surface area contributed by atoms with Crippen molar-refractivity contribution in [2.45, 2.75) is 58.7 Å². The molecular formula is C26H37N7O3. The van der Waals surface area contributed by atoms with E-state index in [-0.39, 0.29) is 18.0 Å². The Morgan fingerprint density at radius 1 is 1.22 bits per heavy atom. The molecule has 1 atom stereocenters. The maximum Gasteiger partial charge on any atom is 0.321 e. The van der Waals surface area contributed by atoms with E-state index in [9.17, 15) is 9.59 Å². The van der Waals surface area contributed by atoms with E-state index in [2.05, 4.69) is 32.3 Å². The highest BCUT2D eigenvalue weighted by molar-refractivity contribution is 6.02. The summed E-state index contributed by atoms with van der Waals surface area (Å²) in [6.07, 6.45) is 2.25. The summed E-state index contributed by atoms with van der Waals surface area (Å²) in [5, 5.41) is 10.3. The van der Waals surface area contributed by atoms with Gasteiger partial charge < -0.3 is 19.9 Å².